The van der Waals surface area contributed by atoms with Crippen molar-refractivity contribution in [2.24, 2.45) is 0 Å². The van der Waals surface area contributed by atoms with Gasteiger partial charge < -0.3 is 10.6 Å². The molecule has 2 N–H and O–H groups in total. The number of carbonyl (C=O) groups excluding carboxylic acids is 2. The van der Waals surface area contributed by atoms with E-state index in [1.807, 2.05) is 18.2 Å². The molecule has 1 heterocycles. The summed E-state index contributed by atoms with van der Waals surface area (Å²) in [5.74, 6) is -0.326. The monoisotopic (exact) mass is 436 g/mol. The van der Waals surface area contributed by atoms with Gasteiger partial charge in [0.2, 0.25) is 5.91 Å². The minimum Gasteiger partial charge on any atom is -0.355 e. The predicted molar refractivity (Wildman–Crippen MR) is 123 cm³/mol. The number of fused-ring (bicyclic) bond motifs is 1. The molecule has 1 aliphatic carbocycles. The lowest BCUT2D eigenvalue weighted by molar-refractivity contribution is -0.113. The molecule has 7 nitrogen and oxygen atoms in total. The molecule has 8 heteroatoms. The summed E-state index contributed by atoms with van der Waals surface area (Å²) in [4.78, 5) is 42.2. The van der Waals surface area contributed by atoms with Gasteiger partial charge >= 0.3 is 0 Å². The van der Waals surface area contributed by atoms with Gasteiger partial charge in [0.15, 0.2) is 5.16 Å². The van der Waals surface area contributed by atoms with Gasteiger partial charge in [0.05, 0.1) is 16.7 Å². The summed E-state index contributed by atoms with van der Waals surface area (Å²) in [6, 6.07) is 14.2. The van der Waals surface area contributed by atoms with E-state index in [1.165, 1.54) is 11.8 Å². The molecule has 0 spiro atoms. The Labute approximate surface area is 184 Å². The van der Waals surface area contributed by atoms with Crippen LogP contribution in [0.25, 0.3) is 10.9 Å². The second kappa shape index (κ2) is 9.34. The van der Waals surface area contributed by atoms with Crippen molar-refractivity contribution >= 4 is 40.2 Å². The molecule has 0 bridgehead atoms. The highest BCUT2D eigenvalue weighted by Gasteiger charge is 2.23. The van der Waals surface area contributed by atoms with Crippen LogP contribution in [0.3, 0.4) is 0 Å². The molecule has 1 fully saturated rings. The quantitative estimate of drug-likeness (QED) is 0.455. The van der Waals surface area contributed by atoms with E-state index < -0.39 is 0 Å². The van der Waals surface area contributed by atoms with Crippen LogP contribution in [0.2, 0.25) is 0 Å². The zero-order valence-corrected chi connectivity index (χ0v) is 18.1. The Morgan fingerprint density at radius 1 is 1.13 bits per heavy atom. The van der Waals surface area contributed by atoms with Crippen LogP contribution in [0.1, 0.15) is 42.1 Å². The Balaban J connectivity index is 1.54. The van der Waals surface area contributed by atoms with Crippen LogP contribution in [0, 0.1) is 0 Å². The third kappa shape index (κ3) is 4.64. The first-order valence-electron chi connectivity index (χ1n) is 10.3. The van der Waals surface area contributed by atoms with E-state index in [0.29, 0.717) is 27.3 Å². The fourth-order valence-electron chi connectivity index (χ4n) is 3.92. The van der Waals surface area contributed by atoms with Crippen LogP contribution >= 0.6 is 11.8 Å². The number of rotatable bonds is 6. The van der Waals surface area contributed by atoms with Gasteiger partial charge in [0, 0.05) is 24.3 Å². The lowest BCUT2D eigenvalue weighted by Crippen LogP contribution is -2.27. The summed E-state index contributed by atoms with van der Waals surface area (Å²) in [5, 5.41) is 6.56. The van der Waals surface area contributed by atoms with E-state index in [0.717, 1.165) is 25.7 Å². The maximum atomic E-state index is 13.2. The van der Waals surface area contributed by atoms with Gasteiger partial charge in [-0.2, -0.15) is 0 Å². The molecule has 0 aliphatic heterocycles. The van der Waals surface area contributed by atoms with Gasteiger partial charge in [-0.15, -0.1) is 0 Å². The van der Waals surface area contributed by atoms with Crippen molar-refractivity contribution in [1.82, 2.24) is 14.9 Å². The first-order chi connectivity index (χ1) is 15.1. The van der Waals surface area contributed by atoms with E-state index >= 15 is 0 Å². The Bertz CT molecular complexity index is 1180. The van der Waals surface area contributed by atoms with Gasteiger partial charge in [-0.25, -0.2) is 4.98 Å². The molecular formula is C23H24N4O3S. The average Bonchev–Trinajstić information content (AvgIpc) is 3.32. The molecule has 4 rings (SSSR count). The maximum Gasteiger partial charge on any atom is 0.262 e. The molecular weight excluding hydrogens is 412 g/mol. The zero-order chi connectivity index (χ0) is 21.8. The van der Waals surface area contributed by atoms with Crippen LogP contribution in [-0.2, 0) is 4.79 Å². The second-order valence-corrected chi connectivity index (χ2v) is 8.46. The normalized spacial score (nSPS) is 14.0. The van der Waals surface area contributed by atoms with E-state index in [9.17, 15) is 14.4 Å². The standard InChI is InChI=1S/C23H24N4O3S/c1-24-21(29)15-7-6-8-16(13-15)25-20(28)14-31-23-26-19-12-5-4-11-18(19)22(30)27(23)17-9-2-3-10-17/h4-8,11-13,17H,2-3,9-10,14H2,1H3,(H,24,29)(H,25,28). The first kappa shape index (κ1) is 21.1. The van der Waals surface area contributed by atoms with Crippen molar-refractivity contribution in [2.75, 3.05) is 18.1 Å². The van der Waals surface area contributed by atoms with E-state index in [4.69, 9.17) is 4.98 Å². The highest BCUT2D eigenvalue weighted by atomic mass is 32.2. The van der Waals surface area contributed by atoms with Crippen molar-refractivity contribution < 1.29 is 9.59 Å². The molecule has 0 radical (unpaired) electrons. The number of thioether (sulfide) groups is 1. The Morgan fingerprint density at radius 3 is 2.68 bits per heavy atom. The molecule has 0 atom stereocenters. The number of amides is 2. The molecule has 1 aromatic heterocycles. The highest BCUT2D eigenvalue weighted by Crippen LogP contribution is 2.32. The van der Waals surface area contributed by atoms with Crippen LogP contribution in [-0.4, -0.2) is 34.2 Å². The number of benzene rings is 2. The largest absolute Gasteiger partial charge is 0.355 e. The van der Waals surface area contributed by atoms with Crippen molar-refractivity contribution in [2.45, 2.75) is 36.9 Å². The minimum atomic E-state index is -0.223. The average molecular weight is 437 g/mol. The molecule has 0 saturated heterocycles. The third-order valence-electron chi connectivity index (χ3n) is 5.43. The van der Waals surface area contributed by atoms with Crippen molar-refractivity contribution in [1.29, 1.82) is 0 Å². The molecule has 3 aromatic rings. The third-order valence-corrected chi connectivity index (χ3v) is 6.39. The summed E-state index contributed by atoms with van der Waals surface area (Å²) >= 11 is 1.27. The number of anilines is 1. The molecule has 31 heavy (non-hydrogen) atoms. The number of hydrogen-bond donors (Lipinski definition) is 2. The number of nitrogens with zero attached hydrogens (tertiary/aromatic N) is 2. The number of nitrogens with one attached hydrogen (secondary N) is 2. The first-order valence-corrected chi connectivity index (χ1v) is 11.3. The van der Waals surface area contributed by atoms with E-state index in [-0.39, 0.29) is 29.2 Å². The molecule has 0 unspecified atom stereocenters. The van der Waals surface area contributed by atoms with Crippen LogP contribution in [0.15, 0.2) is 58.5 Å². The fourth-order valence-corrected chi connectivity index (χ4v) is 4.79. The van der Waals surface area contributed by atoms with Gasteiger partial charge in [0.25, 0.3) is 11.5 Å². The second-order valence-electron chi connectivity index (χ2n) is 7.52. The summed E-state index contributed by atoms with van der Waals surface area (Å²) in [5.41, 5.74) is 1.62. The van der Waals surface area contributed by atoms with Gasteiger partial charge in [-0.05, 0) is 43.2 Å². The molecule has 160 valence electrons. The summed E-state index contributed by atoms with van der Waals surface area (Å²) in [6.45, 7) is 0. The number of hydrogen-bond acceptors (Lipinski definition) is 5. The highest BCUT2D eigenvalue weighted by molar-refractivity contribution is 7.99. The van der Waals surface area contributed by atoms with Gasteiger partial charge in [0.1, 0.15) is 0 Å². The summed E-state index contributed by atoms with van der Waals surface area (Å²) in [6.07, 6.45) is 4.09. The zero-order valence-electron chi connectivity index (χ0n) is 17.3. The Hall–Kier alpha value is -3.13. The smallest absolute Gasteiger partial charge is 0.262 e. The molecule has 2 aromatic carbocycles. The molecule has 1 saturated carbocycles. The van der Waals surface area contributed by atoms with Crippen molar-refractivity contribution in [3.8, 4) is 0 Å². The van der Waals surface area contributed by atoms with Crippen LogP contribution < -0.4 is 16.2 Å². The summed E-state index contributed by atoms with van der Waals surface area (Å²) in [7, 11) is 1.56. The Morgan fingerprint density at radius 2 is 1.90 bits per heavy atom. The molecule has 1 aliphatic rings. The maximum absolute atomic E-state index is 13.2. The van der Waals surface area contributed by atoms with E-state index in [2.05, 4.69) is 10.6 Å². The Kier molecular flexibility index (Phi) is 6.36. The van der Waals surface area contributed by atoms with Crippen molar-refractivity contribution in [3.05, 3.63) is 64.4 Å². The lowest BCUT2D eigenvalue weighted by Gasteiger charge is -2.18. The molecule has 2 amide bonds. The SMILES string of the molecule is CNC(=O)c1cccc(NC(=O)CSc2nc3ccccc3c(=O)n2C2CCCC2)c1. The van der Waals surface area contributed by atoms with Crippen LogP contribution in [0.5, 0.6) is 0 Å². The minimum absolute atomic E-state index is 0.0429. The summed E-state index contributed by atoms with van der Waals surface area (Å²) < 4.78 is 1.78. The fraction of sp³-hybridized carbons (Fsp3) is 0.304. The van der Waals surface area contributed by atoms with Gasteiger partial charge in [-0.3, -0.25) is 19.0 Å². The lowest BCUT2D eigenvalue weighted by atomic mass is 10.2. The number of aromatic nitrogens is 2. The predicted octanol–water partition coefficient (Wildman–Crippen LogP) is 3.60. The number of carbonyl (C=O) groups is 2. The van der Waals surface area contributed by atoms with Gasteiger partial charge in [-0.1, -0.05) is 42.8 Å². The van der Waals surface area contributed by atoms with Crippen LogP contribution in [0.4, 0.5) is 5.69 Å². The topological polar surface area (TPSA) is 93.1 Å². The van der Waals surface area contributed by atoms with E-state index in [1.54, 1.807) is 41.9 Å². The number of para-hydroxylation sites is 1. The van der Waals surface area contributed by atoms with Crippen molar-refractivity contribution in [3.63, 3.8) is 0 Å².